The van der Waals surface area contributed by atoms with Crippen LogP contribution in [0.3, 0.4) is 0 Å². The Labute approximate surface area is 87.9 Å². The first-order valence-corrected chi connectivity index (χ1v) is 5.68. The molecule has 0 spiro atoms. The molecule has 0 aromatic carbocycles. The first-order chi connectivity index (χ1) is 7.00. The Hall–Kier alpha value is -1.59. The number of rotatable bonds is 4. The first-order valence-electron chi connectivity index (χ1n) is 4.19. The molecular weight excluding hydrogens is 218 g/mol. The Balaban J connectivity index is 3.00. The van der Waals surface area contributed by atoms with E-state index in [1.807, 2.05) is 6.07 Å². The maximum atomic E-state index is 11.3. The van der Waals surface area contributed by atoms with Gasteiger partial charge in [0.05, 0.1) is 6.20 Å². The summed E-state index contributed by atoms with van der Waals surface area (Å²) in [7, 11) is -2.08. The van der Waals surface area contributed by atoms with Gasteiger partial charge in [0.1, 0.15) is 11.6 Å². The molecule has 1 rings (SSSR count). The molecule has 82 valence electrons. The average molecular weight is 229 g/mol. The highest BCUT2D eigenvalue weighted by molar-refractivity contribution is 7.90. The molecule has 0 fully saturated rings. The van der Waals surface area contributed by atoms with Gasteiger partial charge in [-0.15, -0.1) is 0 Å². The molecule has 0 aliphatic heterocycles. The molecule has 0 amide bonds. The molecular formula is C7H11N5O2S. The molecule has 1 aromatic rings. The second-order valence-electron chi connectivity index (χ2n) is 2.75. The number of hydrogen-bond donors (Lipinski definition) is 2. The molecule has 8 heteroatoms. The predicted octanol–water partition coefficient (Wildman–Crippen LogP) is -0.442. The van der Waals surface area contributed by atoms with Gasteiger partial charge in [0.15, 0.2) is 5.82 Å². The van der Waals surface area contributed by atoms with Crippen LogP contribution in [0.1, 0.15) is 12.5 Å². The SMILES string of the molecule is CCNS(=O)(=O)Nc1c(C#N)cnn1C. The minimum absolute atomic E-state index is 0.151. The third-order valence-corrected chi connectivity index (χ3v) is 2.76. The molecule has 1 heterocycles. The van der Waals surface area contributed by atoms with Crippen LogP contribution in [0.2, 0.25) is 0 Å². The van der Waals surface area contributed by atoms with E-state index in [0.717, 1.165) is 0 Å². The average Bonchev–Trinajstić information content (AvgIpc) is 2.47. The van der Waals surface area contributed by atoms with E-state index in [4.69, 9.17) is 5.26 Å². The molecule has 7 nitrogen and oxygen atoms in total. The molecule has 0 saturated carbocycles. The topological polar surface area (TPSA) is 99.8 Å². The van der Waals surface area contributed by atoms with Crippen molar-refractivity contribution in [2.75, 3.05) is 11.3 Å². The number of hydrogen-bond acceptors (Lipinski definition) is 4. The molecule has 0 bridgehead atoms. The highest BCUT2D eigenvalue weighted by atomic mass is 32.2. The lowest BCUT2D eigenvalue weighted by Crippen LogP contribution is -2.30. The summed E-state index contributed by atoms with van der Waals surface area (Å²) in [5.41, 5.74) is 0.180. The molecule has 0 radical (unpaired) electrons. The standard InChI is InChI=1S/C7H11N5O2S/c1-3-10-15(13,14)11-7-6(4-8)5-9-12(7)2/h5,10-11H,3H2,1-2H3. The number of anilines is 1. The fourth-order valence-corrected chi connectivity index (χ4v) is 1.94. The molecule has 0 unspecified atom stereocenters. The molecule has 15 heavy (non-hydrogen) atoms. The van der Waals surface area contributed by atoms with Crippen molar-refractivity contribution in [1.29, 1.82) is 5.26 Å². The van der Waals surface area contributed by atoms with Crippen LogP contribution in [0.4, 0.5) is 5.82 Å². The Morgan fingerprint density at radius 2 is 2.33 bits per heavy atom. The van der Waals surface area contributed by atoms with Crippen LogP contribution >= 0.6 is 0 Å². The van der Waals surface area contributed by atoms with Gasteiger partial charge in [-0.3, -0.25) is 9.40 Å². The third kappa shape index (κ3) is 2.68. The number of aromatic nitrogens is 2. The smallest absolute Gasteiger partial charge is 0.254 e. The van der Waals surface area contributed by atoms with Crippen molar-refractivity contribution in [1.82, 2.24) is 14.5 Å². The van der Waals surface area contributed by atoms with Crippen molar-refractivity contribution >= 4 is 16.0 Å². The maximum Gasteiger partial charge on any atom is 0.300 e. The van der Waals surface area contributed by atoms with E-state index in [9.17, 15) is 8.42 Å². The summed E-state index contributed by atoms with van der Waals surface area (Å²) in [4.78, 5) is 0. The Kier molecular flexibility index (Phi) is 3.28. The fourth-order valence-electron chi connectivity index (χ4n) is 0.994. The van der Waals surface area contributed by atoms with E-state index in [-0.39, 0.29) is 17.9 Å². The summed E-state index contributed by atoms with van der Waals surface area (Å²) in [5, 5.41) is 12.5. The lowest BCUT2D eigenvalue weighted by Gasteiger charge is -2.07. The van der Waals surface area contributed by atoms with Crippen LogP contribution in [-0.2, 0) is 17.3 Å². The zero-order chi connectivity index (χ0) is 11.5. The lowest BCUT2D eigenvalue weighted by atomic mass is 10.4. The molecule has 1 aromatic heterocycles. The van der Waals surface area contributed by atoms with Crippen molar-refractivity contribution in [2.24, 2.45) is 7.05 Å². The van der Waals surface area contributed by atoms with E-state index in [2.05, 4.69) is 14.5 Å². The summed E-state index contributed by atoms with van der Waals surface area (Å²) in [6.45, 7) is 1.93. The lowest BCUT2D eigenvalue weighted by molar-refractivity contribution is 0.588. The second-order valence-corrected chi connectivity index (χ2v) is 4.25. The Bertz CT molecular complexity index is 484. The summed E-state index contributed by atoms with van der Waals surface area (Å²) in [6.07, 6.45) is 1.30. The van der Waals surface area contributed by atoms with E-state index in [1.165, 1.54) is 10.9 Å². The van der Waals surface area contributed by atoms with Crippen LogP contribution in [0.15, 0.2) is 6.20 Å². The second kappa shape index (κ2) is 4.29. The minimum atomic E-state index is -3.62. The largest absolute Gasteiger partial charge is 0.300 e. The van der Waals surface area contributed by atoms with Gasteiger partial charge in [0.25, 0.3) is 10.2 Å². The number of nitrogens with one attached hydrogen (secondary N) is 2. The fraction of sp³-hybridized carbons (Fsp3) is 0.429. The third-order valence-electron chi connectivity index (χ3n) is 1.62. The van der Waals surface area contributed by atoms with Gasteiger partial charge in [-0.2, -0.15) is 23.5 Å². The monoisotopic (exact) mass is 229 g/mol. The van der Waals surface area contributed by atoms with Gasteiger partial charge in [-0.25, -0.2) is 0 Å². The van der Waals surface area contributed by atoms with Gasteiger partial charge in [0, 0.05) is 13.6 Å². The van der Waals surface area contributed by atoms with Crippen molar-refractivity contribution in [2.45, 2.75) is 6.92 Å². The van der Waals surface area contributed by atoms with Crippen molar-refractivity contribution in [3.8, 4) is 6.07 Å². The zero-order valence-corrected chi connectivity index (χ0v) is 9.17. The molecule has 0 aliphatic carbocycles. The van der Waals surface area contributed by atoms with Gasteiger partial charge >= 0.3 is 0 Å². The minimum Gasteiger partial charge on any atom is -0.254 e. The summed E-state index contributed by atoms with van der Waals surface area (Å²) >= 11 is 0. The van der Waals surface area contributed by atoms with Gasteiger partial charge < -0.3 is 0 Å². The molecule has 0 aliphatic rings. The maximum absolute atomic E-state index is 11.3. The Morgan fingerprint density at radius 3 is 2.87 bits per heavy atom. The van der Waals surface area contributed by atoms with Crippen LogP contribution in [-0.4, -0.2) is 24.7 Å². The summed E-state index contributed by atoms with van der Waals surface area (Å²) in [6, 6.07) is 1.84. The number of nitrogens with zero attached hydrogens (tertiary/aromatic N) is 3. The summed E-state index contributed by atoms with van der Waals surface area (Å²) in [5.74, 6) is 0.151. The van der Waals surface area contributed by atoms with Crippen LogP contribution < -0.4 is 9.44 Å². The van der Waals surface area contributed by atoms with Gasteiger partial charge in [-0.05, 0) is 0 Å². The zero-order valence-electron chi connectivity index (χ0n) is 8.35. The van der Waals surface area contributed by atoms with Crippen molar-refractivity contribution in [3.05, 3.63) is 11.8 Å². The first kappa shape index (κ1) is 11.5. The highest BCUT2D eigenvalue weighted by Gasteiger charge is 2.14. The quantitative estimate of drug-likeness (QED) is 0.730. The van der Waals surface area contributed by atoms with E-state index >= 15 is 0 Å². The highest BCUT2D eigenvalue weighted by Crippen LogP contribution is 2.13. The molecule has 0 atom stereocenters. The van der Waals surface area contributed by atoms with Gasteiger partial charge in [0.2, 0.25) is 0 Å². The Morgan fingerprint density at radius 1 is 1.67 bits per heavy atom. The van der Waals surface area contributed by atoms with Crippen molar-refractivity contribution in [3.63, 3.8) is 0 Å². The van der Waals surface area contributed by atoms with Crippen LogP contribution in [0.5, 0.6) is 0 Å². The number of nitriles is 1. The van der Waals surface area contributed by atoms with Crippen LogP contribution in [0.25, 0.3) is 0 Å². The van der Waals surface area contributed by atoms with E-state index in [0.29, 0.717) is 0 Å². The molecule has 2 N–H and O–H groups in total. The normalized spacial score (nSPS) is 11.0. The summed E-state index contributed by atoms with van der Waals surface area (Å²) < 4.78 is 28.5. The van der Waals surface area contributed by atoms with Crippen LogP contribution in [0, 0.1) is 11.3 Å². The van der Waals surface area contributed by atoms with E-state index < -0.39 is 10.2 Å². The van der Waals surface area contributed by atoms with Crippen molar-refractivity contribution < 1.29 is 8.42 Å². The van der Waals surface area contributed by atoms with Gasteiger partial charge in [-0.1, -0.05) is 6.92 Å². The molecule has 0 saturated heterocycles. The van der Waals surface area contributed by atoms with E-state index in [1.54, 1.807) is 14.0 Å². The number of aryl methyl sites for hydroxylation is 1. The predicted molar refractivity (Wildman–Crippen MR) is 54.1 cm³/mol.